The number of morpholine rings is 1. The lowest BCUT2D eigenvalue weighted by Gasteiger charge is -2.37. The molecule has 1 amide bonds. The monoisotopic (exact) mass is 438 g/mol. The minimum atomic E-state index is -0.335. The zero-order valence-electron chi connectivity index (χ0n) is 18.1. The second-order valence-corrected chi connectivity index (χ2v) is 9.01. The first-order valence-corrected chi connectivity index (χ1v) is 11.0. The lowest BCUT2D eigenvalue weighted by atomic mass is 9.84. The molecule has 0 radical (unpaired) electrons. The molecule has 2 aliphatic rings. The Morgan fingerprint density at radius 2 is 1.90 bits per heavy atom. The number of benzene rings is 1. The van der Waals surface area contributed by atoms with Crippen molar-refractivity contribution in [3.63, 3.8) is 0 Å². The van der Waals surface area contributed by atoms with Gasteiger partial charge >= 0.3 is 0 Å². The Labute approximate surface area is 183 Å². The Kier molecular flexibility index (Phi) is 7.58. The first-order chi connectivity index (χ1) is 14.3. The summed E-state index contributed by atoms with van der Waals surface area (Å²) in [5.74, 6) is 0.816. The van der Waals surface area contributed by atoms with Crippen LogP contribution in [0, 0.1) is 11.7 Å². The summed E-state index contributed by atoms with van der Waals surface area (Å²) >= 11 is 6.27. The highest BCUT2D eigenvalue weighted by Gasteiger charge is 2.31. The van der Waals surface area contributed by atoms with Crippen molar-refractivity contribution in [3.8, 4) is 0 Å². The summed E-state index contributed by atoms with van der Waals surface area (Å²) < 4.78 is 18.7. The van der Waals surface area contributed by atoms with E-state index in [0.717, 1.165) is 37.5 Å². The molecule has 2 heterocycles. The maximum absolute atomic E-state index is 13.4. The topological polar surface area (TPSA) is 57.2 Å². The molecule has 2 saturated heterocycles. The van der Waals surface area contributed by atoms with Gasteiger partial charge in [-0.3, -0.25) is 9.79 Å². The van der Waals surface area contributed by atoms with Gasteiger partial charge in [0, 0.05) is 56.1 Å². The highest BCUT2D eigenvalue weighted by molar-refractivity contribution is 6.31. The van der Waals surface area contributed by atoms with E-state index in [1.54, 1.807) is 13.1 Å². The molecule has 0 saturated carbocycles. The molecule has 2 fully saturated rings. The standard InChI is InChI=1S/C22H32ClFN4O2/c1-22(2,18-5-4-17(24)14-19(18)23)15-26-21(25-3)28-8-6-16(7-9-28)20(29)27-10-12-30-13-11-27/h4-5,14,16H,6-13,15H2,1-3H3,(H,25,26). The highest BCUT2D eigenvalue weighted by Crippen LogP contribution is 2.30. The number of piperidine rings is 1. The van der Waals surface area contributed by atoms with Crippen LogP contribution in [0.25, 0.3) is 0 Å². The van der Waals surface area contributed by atoms with Crippen LogP contribution in [-0.4, -0.2) is 74.7 Å². The number of nitrogens with zero attached hydrogens (tertiary/aromatic N) is 3. The summed E-state index contributed by atoms with van der Waals surface area (Å²) in [5.41, 5.74) is 0.592. The van der Waals surface area contributed by atoms with Gasteiger partial charge in [-0.1, -0.05) is 31.5 Å². The molecule has 0 bridgehead atoms. The summed E-state index contributed by atoms with van der Waals surface area (Å²) in [6.07, 6.45) is 1.65. The van der Waals surface area contributed by atoms with Gasteiger partial charge in [-0.2, -0.15) is 0 Å². The Morgan fingerprint density at radius 1 is 1.23 bits per heavy atom. The van der Waals surface area contributed by atoms with Crippen molar-refractivity contribution in [2.45, 2.75) is 32.1 Å². The summed E-state index contributed by atoms with van der Waals surface area (Å²) in [5, 5.41) is 3.87. The molecule has 0 spiro atoms. The Balaban J connectivity index is 1.54. The van der Waals surface area contributed by atoms with Crippen molar-refractivity contribution in [1.29, 1.82) is 0 Å². The van der Waals surface area contributed by atoms with Crippen molar-refractivity contribution in [2.24, 2.45) is 10.9 Å². The van der Waals surface area contributed by atoms with Crippen molar-refractivity contribution in [3.05, 3.63) is 34.6 Å². The summed E-state index contributed by atoms with van der Waals surface area (Å²) in [7, 11) is 1.77. The Hall–Kier alpha value is -1.86. The van der Waals surface area contributed by atoms with E-state index in [0.29, 0.717) is 37.9 Å². The number of rotatable bonds is 4. The molecular formula is C22H32ClFN4O2. The molecule has 0 aliphatic carbocycles. The summed E-state index contributed by atoms with van der Waals surface area (Å²) in [6.45, 7) is 8.99. The smallest absolute Gasteiger partial charge is 0.225 e. The number of hydrogen-bond acceptors (Lipinski definition) is 3. The van der Waals surface area contributed by atoms with Crippen LogP contribution >= 0.6 is 11.6 Å². The summed E-state index contributed by atoms with van der Waals surface area (Å²) in [6, 6.07) is 4.53. The SMILES string of the molecule is CN=C(NCC(C)(C)c1ccc(F)cc1Cl)N1CCC(C(=O)N2CCOCC2)CC1. The number of ether oxygens (including phenoxy) is 1. The van der Waals surface area contributed by atoms with Gasteiger partial charge in [0.2, 0.25) is 5.91 Å². The minimum absolute atomic E-state index is 0.0759. The third kappa shape index (κ3) is 5.43. The molecule has 6 nitrogen and oxygen atoms in total. The molecule has 1 aromatic carbocycles. The van der Waals surface area contributed by atoms with E-state index in [-0.39, 0.29) is 23.1 Å². The van der Waals surface area contributed by atoms with Gasteiger partial charge in [-0.15, -0.1) is 0 Å². The van der Waals surface area contributed by atoms with E-state index in [1.807, 2.05) is 4.90 Å². The minimum Gasteiger partial charge on any atom is -0.378 e. The van der Waals surface area contributed by atoms with Crippen molar-refractivity contribution >= 4 is 23.5 Å². The van der Waals surface area contributed by atoms with Crippen molar-refractivity contribution in [2.75, 3.05) is 53.0 Å². The molecule has 2 aliphatic heterocycles. The molecule has 1 aromatic rings. The van der Waals surface area contributed by atoms with Crippen LogP contribution in [0.5, 0.6) is 0 Å². The number of amides is 1. The van der Waals surface area contributed by atoms with Gasteiger partial charge in [0.25, 0.3) is 0 Å². The predicted octanol–water partition coefficient (Wildman–Crippen LogP) is 2.90. The van der Waals surface area contributed by atoms with Gasteiger partial charge in [-0.05, 0) is 30.5 Å². The highest BCUT2D eigenvalue weighted by atomic mass is 35.5. The second kappa shape index (κ2) is 9.96. The number of carbonyl (C=O) groups excluding carboxylic acids is 1. The number of aliphatic imine (C=N–C) groups is 1. The molecule has 0 unspecified atom stereocenters. The fourth-order valence-electron chi connectivity index (χ4n) is 4.15. The number of halogens is 2. The fourth-order valence-corrected chi connectivity index (χ4v) is 4.57. The van der Waals surface area contributed by atoms with Crippen LogP contribution in [0.3, 0.4) is 0 Å². The number of guanidine groups is 1. The Bertz CT molecular complexity index is 772. The van der Waals surface area contributed by atoms with E-state index in [4.69, 9.17) is 16.3 Å². The van der Waals surface area contributed by atoms with Gasteiger partial charge in [0.05, 0.1) is 13.2 Å². The first kappa shape index (κ1) is 22.8. The van der Waals surface area contributed by atoms with Crippen LogP contribution in [-0.2, 0) is 14.9 Å². The maximum Gasteiger partial charge on any atom is 0.225 e. The normalized spacial score (nSPS) is 19.2. The van der Waals surface area contributed by atoms with E-state index < -0.39 is 0 Å². The quantitative estimate of drug-likeness (QED) is 0.580. The lowest BCUT2D eigenvalue weighted by Crippen LogP contribution is -2.51. The van der Waals surface area contributed by atoms with Gasteiger partial charge < -0.3 is 19.9 Å². The summed E-state index contributed by atoms with van der Waals surface area (Å²) in [4.78, 5) is 21.3. The molecule has 0 aromatic heterocycles. The van der Waals surface area contributed by atoms with Gasteiger partial charge in [-0.25, -0.2) is 4.39 Å². The number of likely N-dealkylation sites (tertiary alicyclic amines) is 1. The molecular weight excluding hydrogens is 407 g/mol. The molecule has 30 heavy (non-hydrogen) atoms. The average Bonchev–Trinajstić information content (AvgIpc) is 2.74. The fraction of sp³-hybridized carbons (Fsp3) is 0.636. The van der Waals surface area contributed by atoms with Crippen LogP contribution in [0.15, 0.2) is 23.2 Å². The van der Waals surface area contributed by atoms with Gasteiger partial charge in [0.15, 0.2) is 5.96 Å². The molecule has 166 valence electrons. The van der Waals surface area contributed by atoms with Crippen molar-refractivity contribution < 1.29 is 13.9 Å². The van der Waals surface area contributed by atoms with E-state index in [9.17, 15) is 9.18 Å². The van der Waals surface area contributed by atoms with Crippen molar-refractivity contribution in [1.82, 2.24) is 15.1 Å². The van der Waals surface area contributed by atoms with Gasteiger partial charge in [0.1, 0.15) is 5.82 Å². The second-order valence-electron chi connectivity index (χ2n) is 8.61. The lowest BCUT2D eigenvalue weighted by molar-refractivity contribution is -0.140. The van der Waals surface area contributed by atoms with Crippen LogP contribution in [0.1, 0.15) is 32.3 Å². The molecule has 3 rings (SSSR count). The number of hydrogen-bond donors (Lipinski definition) is 1. The maximum atomic E-state index is 13.4. The zero-order chi connectivity index (χ0) is 21.7. The zero-order valence-corrected chi connectivity index (χ0v) is 18.8. The predicted molar refractivity (Wildman–Crippen MR) is 117 cm³/mol. The Morgan fingerprint density at radius 3 is 2.50 bits per heavy atom. The average molecular weight is 439 g/mol. The third-order valence-electron chi connectivity index (χ3n) is 6.03. The molecule has 1 N–H and O–H groups in total. The number of nitrogens with one attached hydrogen (secondary N) is 1. The van der Waals surface area contributed by atoms with E-state index in [2.05, 4.69) is 29.1 Å². The number of carbonyl (C=O) groups is 1. The van der Waals surface area contributed by atoms with E-state index >= 15 is 0 Å². The van der Waals surface area contributed by atoms with Crippen LogP contribution in [0.4, 0.5) is 4.39 Å². The molecule has 0 atom stereocenters. The van der Waals surface area contributed by atoms with Crippen LogP contribution < -0.4 is 5.32 Å². The largest absolute Gasteiger partial charge is 0.378 e. The first-order valence-electron chi connectivity index (χ1n) is 10.6. The molecule has 8 heteroatoms. The van der Waals surface area contributed by atoms with Crippen LogP contribution in [0.2, 0.25) is 5.02 Å². The van der Waals surface area contributed by atoms with E-state index in [1.165, 1.54) is 12.1 Å². The third-order valence-corrected chi connectivity index (χ3v) is 6.34.